The number of halogens is 3. The van der Waals surface area contributed by atoms with Crippen molar-refractivity contribution in [2.45, 2.75) is 30.7 Å². The van der Waals surface area contributed by atoms with Crippen LogP contribution in [0.5, 0.6) is 0 Å². The number of nitrogens with one attached hydrogen (secondary N) is 2. The minimum Gasteiger partial charge on any atom is -0.377 e. The fourth-order valence-electron chi connectivity index (χ4n) is 3.58. The summed E-state index contributed by atoms with van der Waals surface area (Å²) in [5.41, 5.74) is 3.06. The quantitative estimate of drug-likeness (QED) is 0.407. The number of thiazole rings is 1. The molecule has 1 unspecified atom stereocenters. The first-order chi connectivity index (χ1) is 15.7. The number of hydrogen-bond acceptors (Lipinski definition) is 6. The Kier molecular flexibility index (Phi) is 7.18. The number of benzene rings is 2. The zero-order valence-electron chi connectivity index (χ0n) is 17.8. The summed E-state index contributed by atoms with van der Waals surface area (Å²) < 4.78 is 56.5. The summed E-state index contributed by atoms with van der Waals surface area (Å²) in [7, 11) is -4.21. The van der Waals surface area contributed by atoms with Gasteiger partial charge in [-0.1, -0.05) is 23.7 Å². The van der Waals surface area contributed by atoms with E-state index in [1.54, 1.807) is 19.1 Å². The molecule has 33 heavy (non-hydrogen) atoms. The number of rotatable bonds is 9. The second-order valence-corrected chi connectivity index (χ2v) is 10.7. The van der Waals surface area contributed by atoms with E-state index >= 15 is 0 Å². The molecule has 0 spiro atoms. The van der Waals surface area contributed by atoms with Crippen LogP contribution < -0.4 is 10.0 Å². The van der Waals surface area contributed by atoms with Crippen molar-refractivity contribution in [1.82, 2.24) is 9.88 Å². The van der Waals surface area contributed by atoms with Gasteiger partial charge in [0.15, 0.2) is 5.82 Å². The van der Waals surface area contributed by atoms with Crippen molar-refractivity contribution in [3.05, 3.63) is 69.0 Å². The van der Waals surface area contributed by atoms with E-state index < -0.39 is 26.8 Å². The fraction of sp³-hybridized carbons (Fsp3) is 0.318. The van der Waals surface area contributed by atoms with Gasteiger partial charge in [-0.2, -0.15) is 0 Å². The Hall–Kier alpha value is -2.27. The molecule has 0 radical (unpaired) electrons. The maximum Gasteiger partial charge on any atom is 0.266 e. The average molecular weight is 513 g/mol. The monoisotopic (exact) mass is 512 g/mol. The van der Waals surface area contributed by atoms with E-state index in [0.717, 1.165) is 43.8 Å². The van der Waals surface area contributed by atoms with E-state index in [2.05, 4.69) is 19.9 Å². The molecule has 0 aliphatic carbocycles. The second-order valence-electron chi connectivity index (χ2n) is 7.91. The van der Waals surface area contributed by atoms with E-state index in [1.165, 1.54) is 34.7 Å². The van der Waals surface area contributed by atoms with Crippen LogP contribution in [0.1, 0.15) is 30.5 Å². The van der Waals surface area contributed by atoms with Gasteiger partial charge in [0.2, 0.25) is 0 Å². The van der Waals surface area contributed by atoms with Gasteiger partial charge >= 0.3 is 0 Å². The standard InChI is InChI=1S/C22H23ClF2N4O2S2/c1-14(16-9-15(3-4-18(16)24)5-8-29-6-2-7-29)27-20-11-19(25)21(10-17(20)23)33(30,31)28-22-12-32-13-26-22/h3-4,9-14,27-28H,2,5-8H2,1H3. The molecule has 0 bridgehead atoms. The predicted octanol–water partition coefficient (Wildman–Crippen LogP) is 5.30. The van der Waals surface area contributed by atoms with E-state index in [0.29, 0.717) is 5.56 Å². The Balaban J connectivity index is 1.51. The fourth-order valence-corrected chi connectivity index (χ4v) is 5.51. The van der Waals surface area contributed by atoms with Crippen LogP contribution in [0.4, 0.5) is 20.3 Å². The summed E-state index contributed by atoms with van der Waals surface area (Å²) >= 11 is 7.46. The number of aromatic nitrogens is 1. The molecule has 176 valence electrons. The molecule has 1 aromatic heterocycles. The molecule has 1 aliphatic heterocycles. The molecule has 6 nitrogen and oxygen atoms in total. The van der Waals surface area contributed by atoms with Crippen molar-refractivity contribution >= 4 is 44.5 Å². The lowest BCUT2D eigenvalue weighted by molar-refractivity contribution is 0.184. The van der Waals surface area contributed by atoms with Crippen molar-refractivity contribution in [2.24, 2.45) is 0 Å². The summed E-state index contributed by atoms with van der Waals surface area (Å²) in [6.45, 7) is 4.86. The van der Waals surface area contributed by atoms with Gasteiger partial charge in [-0.3, -0.25) is 4.72 Å². The average Bonchev–Trinajstić information content (AvgIpc) is 3.22. The van der Waals surface area contributed by atoms with Gasteiger partial charge in [-0.15, -0.1) is 11.3 Å². The topological polar surface area (TPSA) is 74.3 Å². The Morgan fingerprint density at radius 2 is 2.00 bits per heavy atom. The molecule has 2 aromatic carbocycles. The lowest BCUT2D eigenvalue weighted by Crippen LogP contribution is -2.38. The van der Waals surface area contributed by atoms with Crippen LogP contribution in [-0.2, 0) is 16.4 Å². The van der Waals surface area contributed by atoms with Crippen LogP contribution >= 0.6 is 22.9 Å². The van der Waals surface area contributed by atoms with E-state index in [4.69, 9.17) is 11.6 Å². The molecule has 1 saturated heterocycles. The van der Waals surface area contributed by atoms with Crippen molar-refractivity contribution in [2.75, 3.05) is 29.7 Å². The molecule has 1 fully saturated rings. The second kappa shape index (κ2) is 9.92. The van der Waals surface area contributed by atoms with Gasteiger partial charge in [0, 0.05) is 17.5 Å². The maximum atomic E-state index is 14.8. The van der Waals surface area contributed by atoms with Crippen molar-refractivity contribution in [3.63, 3.8) is 0 Å². The minimum atomic E-state index is -4.21. The van der Waals surface area contributed by atoms with Gasteiger partial charge in [-0.05, 0) is 56.6 Å². The first kappa shape index (κ1) is 23.9. The highest BCUT2D eigenvalue weighted by Crippen LogP contribution is 2.32. The number of hydrogen-bond donors (Lipinski definition) is 2. The maximum absolute atomic E-state index is 14.8. The summed E-state index contributed by atoms with van der Waals surface area (Å²) in [6, 6.07) is 6.50. The summed E-state index contributed by atoms with van der Waals surface area (Å²) in [6.07, 6.45) is 2.03. The Bertz CT molecular complexity index is 1240. The molecule has 11 heteroatoms. The molecule has 3 aromatic rings. The summed E-state index contributed by atoms with van der Waals surface area (Å²) in [5, 5.41) is 4.48. The molecule has 0 amide bonds. The zero-order valence-corrected chi connectivity index (χ0v) is 20.2. The summed E-state index contributed by atoms with van der Waals surface area (Å²) in [4.78, 5) is 5.58. The molecular weight excluding hydrogens is 490 g/mol. The van der Waals surface area contributed by atoms with Crippen LogP contribution in [0.2, 0.25) is 5.02 Å². The SMILES string of the molecule is CC(Nc1cc(F)c(S(=O)(=O)Nc2cscn2)cc1Cl)c1cc(CCN2CCC2)ccc1F. The predicted molar refractivity (Wildman–Crippen MR) is 128 cm³/mol. The van der Waals surface area contributed by atoms with Gasteiger partial charge in [0.05, 0.1) is 22.3 Å². The third-order valence-corrected chi connectivity index (χ3v) is 7.82. The molecular formula is C22H23ClF2N4O2S2. The van der Waals surface area contributed by atoms with Crippen LogP contribution in [0, 0.1) is 11.6 Å². The van der Waals surface area contributed by atoms with Gasteiger partial charge in [-0.25, -0.2) is 22.2 Å². The molecule has 2 heterocycles. The molecule has 2 N–H and O–H groups in total. The van der Waals surface area contributed by atoms with Crippen LogP contribution in [-0.4, -0.2) is 37.9 Å². The first-order valence-electron chi connectivity index (χ1n) is 10.4. The van der Waals surface area contributed by atoms with Gasteiger partial charge < -0.3 is 10.2 Å². The van der Waals surface area contributed by atoms with Crippen LogP contribution in [0.15, 0.2) is 46.1 Å². The van der Waals surface area contributed by atoms with Crippen molar-refractivity contribution in [1.29, 1.82) is 0 Å². The Morgan fingerprint density at radius 1 is 1.21 bits per heavy atom. The minimum absolute atomic E-state index is 0.00347. The van der Waals surface area contributed by atoms with Gasteiger partial charge in [0.1, 0.15) is 16.5 Å². The number of nitrogens with zero attached hydrogens (tertiary/aromatic N) is 2. The molecule has 1 atom stereocenters. The van der Waals surface area contributed by atoms with Gasteiger partial charge in [0.25, 0.3) is 10.0 Å². The van der Waals surface area contributed by atoms with Crippen molar-refractivity contribution < 1.29 is 17.2 Å². The smallest absolute Gasteiger partial charge is 0.266 e. The molecule has 0 saturated carbocycles. The highest BCUT2D eigenvalue weighted by atomic mass is 35.5. The number of anilines is 2. The van der Waals surface area contributed by atoms with E-state index in [-0.39, 0.29) is 22.3 Å². The van der Waals surface area contributed by atoms with E-state index in [1.807, 2.05) is 0 Å². The lowest BCUT2D eigenvalue weighted by atomic mass is 10.0. The first-order valence-corrected chi connectivity index (χ1v) is 13.2. The number of likely N-dealkylation sites (tertiary alicyclic amines) is 1. The van der Waals surface area contributed by atoms with E-state index in [9.17, 15) is 17.2 Å². The molecule has 4 rings (SSSR count). The highest BCUT2D eigenvalue weighted by Gasteiger charge is 2.23. The van der Waals surface area contributed by atoms with Crippen LogP contribution in [0.25, 0.3) is 0 Å². The largest absolute Gasteiger partial charge is 0.377 e. The molecule has 1 aliphatic rings. The third-order valence-electron chi connectivity index (χ3n) is 5.55. The lowest BCUT2D eigenvalue weighted by Gasteiger charge is -2.30. The summed E-state index contributed by atoms with van der Waals surface area (Å²) in [5.74, 6) is -1.28. The van der Waals surface area contributed by atoms with Crippen LogP contribution in [0.3, 0.4) is 0 Å². The highest BCUT2D eigenvalue weighted by molar-refractivity contribution is 7.92. The number of sulfonamides is 1. The zero-order chi connectivity index (χ0) is 23.6. The normalized spacial score (nSPS) is 15.2. The third kappa shape index (κ3) is 5.63. The Morgan fingerprint density at radius 3 is 2.67 bits per heavy atom. The van der Waals surface area contributed by atoms with Crippen molar-refractivity contribution in [3.8, 4) is 0 Å². The Labute approximate surface area is 200 Å².